The summed E-state index contributed by atoms with van der Waals surface area (Å²) < 4.78 is 16.2. The van der Waals surface area contributed by atoms with E-state index in [0.29, 0.717) is 31.0 Å². The maximum absolute atomic E-state index is 14.2. The second-order valence-corrected chi connectivity index (χ2v) is 8.98. The van der Waals surface area contributed by atoms with Gasteiger partial charge in [-0.3, -0.25) is 4.79 Å². The number of nitrogens with one attached hydrogen (secondary N) is 1. The number of hydrogen-bond acceptors (Lipinski definition) is 2. The molecule has 1 aliphatic heterocycles. The summed E-state index contributed by atoms with van der Waals surface area (Å²) >= 11 is 0. The standard InChI is InChI=1S/C27H34FN3O/c1-21-9-6-7-17-30(21)18-8-16-29-27(32)15-14-22-19-31(26-13-5-3-11-24(22)26)20-23-10-2-4-12-25(23)28/h2-5,10-13,19,21H,6-9,14-18,20H2,1H3,(H,29,32). The van der Waals surface area contributed by atoms with Gasteiger partial charge in [0, 0.05) is 48.2 Å². The monoisotopic (exact) mass is 435 g/mol. The number of nitrogens with zero attached hydrogens (tertiary/aromatic N) is 2. The van der Waals surface area contributed by atoms with Crippen LogP contribution < -0.4 is 5.32 Å². The number of fused-ring (bicyclic) bond motifs is 1. The molecular weight excluding hydrogens is 401 g/mol. The van der Waals surface area contributed by atoms with Gasteiger partial charge in [0.25, 0.3) is 0 Å². The van der Waals surface area contributed by atoms with Crippen molar-refractivity contribution in [2.75, 3.05) is 19.6 Å². The van der Waals surface area contributed by atoms with E-state index in [-0.39, 0.29) is 11.7 Å². The van der Waals surface area contributed by atoms with Crippen LogP contribution in [0.2, 0.25) is 0 Å². The molecule has 1 fully saturated rings. The first-order valence-corrected chi connectivity index (χ1v) is 11.9. The molecule has 170 valence electrons. The fourth-order valence-electron chi connectivity index (χ4n) is 4.80. The number of benzene rings is 2. The second kappa shape index (κ2) is 10.8. The summed E-state index contributed by atoms with van der Waals surface area (Å²) in [6.45, 7) is 5.77. The van der Waals surface area contributed by atoms with Gasteiger partial charge in [0.1, 0.15) is 5.82 Å². The van der Waals surface area contributed by atoms with E-state index in [0.717, 1.165) is 36.0 Å². The highest BCUT2D eigenvalue weighted by Gasteiger charge is 2.17. The predicted molar refractivity (Wildman–Crippen MR) is 128 cm³/mol. The Morgan fingerprint density at radius 1 is 1.09 bits per heavy atom. The number of piperidine rings is 1. The fraction of sp³-hybridized carbons (Fsp3) is 0.444. The molecule has 1 aromatic heterocycles. The molecule has 1 N–H and O–H groups in total. The van der Waals surface area contributed by atoms with Gasteiger partial charge < -0.3 is 14.8 Å². The predicted octanol–water partition coefficient (Wildman–Crippen LogP) is 5.14. The van der Waals surface area contributed by atoms with Crippen LogP contribution in [0.5, 0.6) is 0 Å². The number of carbonyl (C=O) groups excluding carboxylic acids is 1. The van der Waals surface area contributed by atoms with Crippen LogP contribution in [-0.2, 0) is 17.8 Å². The highest BCUT2D eigenvalue weighted by atomic mass is 19.1. The normalized spacial score (nSPS) is 17.0. The molecule has 0 radical (unpaired) electrons. The van der Waals surface area contributed by atoms with Crippen LogP contribution >= 0.6 is 0 Å². The van der Waals surface area contributed by atoms with Gasteiger partial charge in [-0.25, -0.2) is 4.39 Å². The molecule has 0 spiro atoms. The molecule has 1 amide bonds. The Morgan fingerprint density at radius 2 is 1.91 bits per heavy atom. The smallest absolute Gasteiger partial charge is 0.220 e. The SMILES string of the molecule is CC1CCCCN1CCCNC(=O)CCc1cn(Cc2ccccc2F)c2ccccc12. The summed E-state index contributed by atoms with van der Waals surface area (Å²) in [5, 5.41) is 4.22. The van der Waals surface area contributed by atoms with E-state index in [1.807, 2.05) is 24.3 Å². The van der Waals surface area contributed by atoms with E-state index in [9.17, 15) is 9.18 Å². The molecule has 1 aliphatic rings. The molecule has 2 heterocycles. The Bertz CT molecular complexity index is 1040. The molecule has 4 rings (SSSR count). The van der Waals surface area contributed by atoms with Gasteiger partial charge in [0.15, 0.2) is 0 Å². The molecule has 1 atom stereocenters. The van der Waals surface area contributed by atoms with Crippen LogP contribution in [0.15, 0.2) is 54.7 Å². The number of amides is 1. The van der Waals surface area contributed by atoms with Gasteiger partial charge in [-0.2, -0.15) is 0 Å². The zero-order valence-corrected chi connectivity index (χ0v) is 19.0. The van der Waals surface area contributed by atoms with Crippen molar-refractivity contribution >= 4 is 16.8 Å². The second-order valence-electron chi connectivity index (χ2n) is 8.98. The van der Waals surface area contributed by atoms with Gasteiger partial charge in [0.2, 0.25) is 5.91 Å². The van der Waals surface area contributed by atoms with Crippen molar-refractivity contribution in [3.63, 3.8) is 0 Å². The lowest BCUT2D eigenvalue weighted by Gasteiger charge is -2.33. The Labute approximate surface area is 190 Å². The zero-order chi connectivity index (χ0) is 22.3. The van der Waals surface area contributed by atoms with E-state index < -0.39 is 0 Å². The van der Waals surface area contributed by atoms with Crippen molar-refractivity contribution in [1.29, 1.82) is 0 Å². The largest absolute Gasteiger partial charge is 0.356 e. The van der Waals surface area contributed by atoms with Crippen LogP contribution in [0.25, 0.3) is 10.9 Å². The maximum atomic E-state index is 14.2. The highest BCUT2D eigenvalue weighted by molar-refractivity contribution is 5.85. The maximum Gasteiger partial charge on any atom is 0.220 e. The van der Waals surface area contributed by atoms with E-state index >= 15 is 0 Å². The molecule has 3 aromatic rings. The van der Waals surface area contributed by atoms with Gasteiger partial charge in [-0.1, -0.05) is 42.8 Å². The van der Waals surface area contributed by atoms with Crippen molar-refractivity contribution < 1.29 is 9.18 Å². The lowest BCUT2D eigenvalue weighted by molar-refractivity contribution is -0.121. The lowest BCUT2D eigenvalue weighted by atomic mass is 10.0. The van der Waals surface area contributed by atoms with Crippen LogP contribution in [0.4, 0.5) is 4.39 Å². The van der Waals surface area contributed by atoms with Crippen LogP contribution in [0.3, 0.4) is 0 Å². The number of halogens is 1. The number of aryl methyl sites for hydroxylation is 1. The summed E-state index contributed by atoms with van der Waals surface area (Å²) in [5.41, 5.74) is 2.87. The van der Waals surface area contributed by atoms with E-state index in [1.54, 1.807) is 6.07 Å². The number of likely N-dealkylation sites (tertiary alicyclic amines) is 1. The summed E-state index contributed by atoms with van der Waals surface area (Å²) in [4.78, 5) is 15.0. The minimum Gasteiger partial charge on any atom is -0.356 e. The Morgan fingerprint density at radius 3 is 2.75 bits per heavy atom. The quantitative estimate of drug-likeness (QED) is 0.473. The Kier molecular flexibility index (Phi) is 7.59. The van der Waals surface area contributed by atoms with Crippen molar-refractivity contribution in [3.05, 3.63) is 71.7 Å². The number of carbonyl (C=O) groups is 1. The van der Waals surface area contributed by atoms with E-state index in [4.69, 9.17) is 0 Å². The number of para-hydroxylation sites is 1. The third-order valence-corrected chi connectivity index (χ3v) is 6.68. The highest BCUT2D eigenvalue weighted by Crippen LogP contribution is 2.24. The number of aromatic nitrogens is 1. The summed E-state index contributed by atoms with van der Waals surface area (Å²) in [7, 11) is 0. The van der Waals surface area contributed by atoms with Crippen molar-refractivity contribution in [3.8, 4) is 0 Å². The topological polar surface area (TPSA) is 37.3 Å². The first-order valence-electron chi connectivity index (χ1n) is 11.9. The first-order chi connectivity index (χ1) is 15.6. The molecule has 0 saturated carbocycles. The molecule has 1 saturated heterocycles. The molecule has 2 aromatic carbocycles. The lowest BCUT2D eigenvalue weighted by Crippen LogP contribution is -2.39. The van der Waals surface area contributed by atoms with Gasteiger partial charge in [0.05, 0.1) is 6.54 Å². The van der Waals surface area contributed by atoms with Crippen molar-refractivity contribution in [2.45, 2.75) is 58.0 Å². The van der Waals surface area contributed by atoms with Crippen molar-refractivity contribution in [2.24, 2.45) is 0 Å². The molecule has 0 aliphatic carbocycles. The minimum atomic E-state index is -0.190. The minimum absolute atomic E-state index is 0.0997. The van der Waals surface area contributed by atoms with Gasteiger partial charge in [-0.15, -0.1) is 0 Å². The molecule has 32 heavy (non-hydrogen) atoms. The zero-order valence-electron chi connectivity index (χ0n) is 19.0. The summed E-state index contributed by atoms with van der Waals surface area (Å²) in [6.07, 6.45) is 8.14. The average Bonchev–Trinajstić information content (AvgIpc) is 3.15. The van der Waals surface area contributed by atoms with Crippen LogP contribution in [-0.4, -0.2) is 41.1 Å². The van der Waals surface area contributed by atoms with Gasteiger partial charge >= 0.3 is 0 Å². The fourth-order valence-corrected chi connectivity index (χ4v) is 4.80. The number of rotatable bonds is 9. The molecular formula is C27H34FN3O. The summed E-state index contributed by atoms with van der Waals surface area (Å²) in [5.74, 6) is -0.0900. The molecule has 0 bridgehead atoms. The van der Waals surface area contributed by atoms with E-state index in [2.05, 4.69) is 40.0 Å². The van der Waals surface area contributed by atoms with Crippen LogP contribution in [0.1, 0.15) is 50.2 Å². The Balaban J connectivity index is 1.31. The number of hydrogen-bond donors (Lipinski definition) is 1. The van der Waals surface area contributed by atoms with Gasteiger partial charge in [-0.05, 0) is 56.8 Å². The van der Waals surface area contributed by atoms with E-state index in [1.165, 1.54) is 31.9 Å². The van der Waals surface area contributed by atoms with Crippen LogP contribution in [0, 0.1) is 5.82 Å². The summed E-state index contributed by atoms with van der Waals surface area (Å²) in [6, 6.07) is 15.7. The molecule has 5 heteroatoms. The average molecular weight is 436 g/mol. The third kappa shape index (κ3) is 5.57. The van der Waals surface area contributed by atoms with Crippen molar-refractivity contribution in [1.82, 2.24) is 14.8 Å². The third-order valence-electron chi connectivity index (χ3n) is 6.68. The molecule has 4 nitrogen and oxygen atoms in total. The first kappa shape index (κ1) is 22.5. The molecule has 1 unspecified atom stereocenters. The Hall–Kier alpha value is -2.66.